The van der Waals surface area contributed by atoms with E-state index in [-0.39, 0.29) is 32.1 Å². The average Bonchev–Trinajstić information content (AvgIpc) is 2.68. The van der Waals surface area contributed by atoms with E-state index in [1.165, 1.54) is 9.80 Å². The van der Waals surface area contributed by atoms with Crippen molar-refractivity contribution in [1.82, 2.24) is 9.80 Å². The molecule has 2 rings (SSSR count). The maximum absolute atomic E-state index is 12.9. The molecule has 170 valence electrons. The molecule has 1 aromatic carbocycles. The molecular weight excluding hydrogens is 402 g/mol. The van der Waals surface area contributed by atoms with E-state index in [0.717, 1.165) is 5.56 Å². The van der Waals surface area contributed by atoms with Gasteiger partial charge in [0.1, 0.15) is 24.3 Å². The molecule has 2 N–H and O–H groups in total. The number of primary amides is 1. The Labute approximate surface area is 182 Å². The largest absolute Gasteiger partial charge is 0.460 e. The van der Waals surface area contributed by atoms with E-state index in [4.69, 9.17) is 15.2 Å². The van der Waals surface area contributed by atoms with Crippen molar-refractivity contribution < 1.29 is 28.7 Å². The van der Waals surface area contributed by atoms with Crippen molar-refractivity contribution in [3.05, 3.63) is 35.9 Å². The van der Waals surface area contributed by atoms with Gasteiger partial charge < -0.3 is 20.1 Å². The number of hydrogen-bond donors (Lipinski definition) is 1. The van der Waals surface area contributed by atoms with Crippen LogP contribution in [0, 0.1) is 0 Å². The number of amides is 3. The predicted octanol–water partition coefficient (Wildman–Crippen LogP) is 1.83. The minimum absolute atomic E-state index is 0.0535. The van der Waals surface area contributed by atoms with Crippen molar-refractivity contribution in [2.45, 2.75) is 64.8 Å². The lowest BCUT2D eigenvalue weighted by Crippen LogP contribution is -2.65. The van der Waals surface area contributed by atoms with Crippen LogP contribution >= 0.6 is 0 Å². The molecule has 0 spiro atoms. The first-order valence-corrected chi connectivity index (χ1v) is 10.3. The molecule has 0 aromatic heterocycles. The van der Waals surface area contributed by atoms with E-state index < -0.39 is 35.6 Å². The maximum Gasteiger partial charge on any atom is 0.410 e. The van der Waals surface area contributed by atoms with Gasteiger partial charge in [-0.15, -0.1) is 0 Å². The zero-order valence-electron chi connectivity index (χ0n) is 18.5. The van der Waals surface area contributed by atoms with Crippen LogP contribution in [-0.4, -0.2) is 64.5 Å². The Morgan fingerprint density at radius 3 is 2.39 bits per heavy atom. The topological polar surface area (TPSA) is 119 Å². The molecule has 1 heterocycles. The predicted molar refractivity (Wildman–Crippen MR) is 113 cm³/mol. The Hall–Kier alpha value is -3.10. The van der Waals surface area contributed by atoms with Gasteiger partial charge in [-0.05, 0) is 39.7 Å². The number of nitrogens with two attached hydrogens (primary N) is 1. The van der Waals surface area contributed by atoms with Crippen LogP contribution in [0.15, 0.2) is 30.3 Å². The van der Waals surface area contributed by atoms with Crippen LogP contribution in [0.25, 0.3) is 0 Å². The van der Waals surface area contributed by atoms with Gasteiger partial charge in [-0.2, -0.15) is 0 Å². The Morgan fingerprint density at radius 2 is 1.81 bits per heavy atom. The van der Waals surface area contributed by atoms with Crippen molar-refractivity contribution in [3.8, 4) is 0 Å². The van der Waals surface area contributed by atoms with Gasteiger partial charge in [0, 0.05) is 13.0 Å². The average molecular weight is 434 g/mol. The smallest absolute Gasteiger partial charge is 0.410 e. The number of rotatable bonds is 7. The lowest BCUT2D eigenvalue weighted by Gasteiger charge is -2.42. The van der Waals surface area contributed by atoms with E-state index in [9.17, 15) is 19.2 Å². The summed E-state index contributed by atoms with van der Waals surface area (Å²) in [6.45, 7) is 7.04. The molecule has 1 saturated heterocycles. The summed E-state index contributed by atoms with van der Waals surface area (Å²) in [7, 11) is 0. The summed E-state index contributed by atoms with van der Waals surface area (Å²) in [6, 6.07) is 7.33. The summed E-state index contributed by atoms with van der Waals surface area (Å²) in [5, 5.41) is 0. The fraction of sp³-hybridized carbons (Fsp3) is 0.545. The van der Waals surface area contributed by atoms with E-state index >= 15 is 0 Å². The normalized spacial score (nSPS) is 19.2. The minimum atomic E-state index is -0.994. The van der Waals surface area contributed by atoms with Crippen molar-refractivity contribution >= 4 is 23.9 Å². The lowest BCUT2D eigenvalue weighted by atomic mass is 10.1. The number of piperazine rings is 1. The Bertz CT molecular complexity index is 805. The van der Waals surface area contributed by atoms with Gasteiger partial charge in [0.15, 0.2) is 0 Å². The van der Waals surface area contributed by atoms with Crippen LogP contribution in [0.3, 0.4) is 0 Å². The third kappa shape index (κ3) is 6.97. The van der Waals surface area contributed by atoms with Crippen molar-refractivity contribution in [1.29, 1.82) is 0 Å². The van der Waals surface area contributed by atoms with Gasteiger partial charge in [-0.1, -0.05) is 30.3 Å². The number of carbonyl (C=O) groups excluding carboxylic acids is 4. The molecule has 31 heavy (non-hydrogen) atoms. The second-order valence-electron chi connectivity index (χ2n) is 8.51. The summed E-state index contributed by atoms with van der Waals surface area (Å²) >= 11 is 0. The molecule has 3 amide bonds. The van der Waals surface area contributed by atoms with Crippen molar-refractivity contribution in [2.75, 3.05) is 13.1 Å². The highest BCUT2D eigenvalue weighted by Gasteiger charge is 2.43. The molecule has 0 bridgehead atoms. The van der Waals surface area contributed by atoms with Gasteiger partial charge in [0.05, 0.1) is 6.54 Å². The van der Waals surface area contributed by atoms with Crippen molar-refractivity contribution in [3.63, 3.8) is 0 Å². The summed E-state index contributed by atoms with van der Waals surface area (Å²) in [5.74, 6) is -1.53. The number of esters is 1. The van der Waals surface area contributed by atoms with Crippen LogP contribution in [-0.2, 0) is 30.5 Å². The van der Waals surface area contributed by atoms with Crippen LogP contribution in [0.4, 0.5) is 4.79 Å². The SMILES string of the molecule is C[C@H]1C(=O)N(CCCC(=O)OC(C)(C)C)[C@H](C(N)=O)CN1C(=O)OCc1ccccc1. The minimum Gasteiger partial charge on any atom is -0.460 e. The van der Waals surface area contributed by atoms with E-state index in [0.29, 0.717) is 6.42 Å². The first kappa shape index (κ1) is 24.2. The Kier molecular flexibility index (Phi) is 8.01. The Balaban J connectivity index is 1.98. The highest BCUT2D eigenvalue weighted by atomic mass is 16.6. The first-order chi connectivity index (χ1) is 14.5. The second-order valence-corrected chi connectivity index (χ2v) is 8.51. The second kappa shape index (κ2) is 10.3. The summed E-state index contributed by atoms with van der Waals surface area (Å²) in [4.78, 5) is 51.9. The quantitative estimate of drug-likeness (QED) is 0.655. The first-order valence-electron chi connectivity index (χ1n) is 10.3. The summed E-state index contributed by atoms with van der Waals surface area (Å²) in [6.07, 6.45) is -0.274. The molecule has 1 aliphatic heterocycles. The molecule has 9 heteroatoms. The van der Waals surface area contributed by atoms with Gasteiger partial charge in [0.2, 0.25) is 11.8 Å². The summed E-state index contributed by atoms with van der Waals surface area (Å²) in [5.41, 5.74) is 5.72. The van der Waals surface area contributed by atoms with Gasteiger partial charge in [-0.3, -0.25) is 19.3 Å². The number of nitrogens with zero attached hydrogens (tertiary/aromatic N) is 2. The van der Waals surface area contributed by atoms with Crippen LogP contribution < -0.4 is 5.73 Å². The van der Waals surface area contributed by atoms with Gasteiger partial charge in [-0.25, -0.2) is 4.79 Å². The zero-order valence-corrected chi connectivity index (χ0v) is 18.5. The van der Waals surface area contributed by atoms with Gasteiger partial charge >= 0.3 is 12.1 Å². The fourth-order valence-electron chi connectivity index (χ4n) is 3.30. The molecule has 0 unspecified atom stereocenters. The van der Waals surface area contributed by atoms with E-state index in [1.807, 2.05) is 30.3 Å². The number of hydrogen-bond acceptors (Lipinski definition) is 6. The maximum atomic E-state index is 12.9. The third-order valence-corrected chi connectivity index (χ3v) is 4.82. The molecule has 1 aromatic rings. The monoisotopic (exact) mass is 433 g/mol. The standard InChI is InChI=1S/C22H31N3O6/c1-15-20(28)24(12-8-11-18(26)31-22(2,3)4)17(19(23)27)13-25(15)21(29)30-14-16-9-6-5-7-10-16/h5-7,9-10,15,17H,8,11-14H2,1-4H3,(H2,23,27)/t15-,17-/m0/s1. The molecule has 9 nitrogen and oxygen atoms in total. The fourth-order valence-corrected chi connectivity index (χ4v) is 3.30. The zero-order chi connectivity index (χ0) is 23.2. The number of ether oxygens (including phenoxy) is 2. The van der Waals surface area contributed by atoms with Crippen molar-refractivity contribution in [2.24, 2.45) is 5.73 Å². The number of benzene rings is 1. The third-order valence-electron chi connectivity index (χ3n) is 4.82. The van der Waals surface area contributed by atoms with Crippen LogP contribution in [0.1, 0.15) is 46.1 Å². The molecular formula is C22H31N3O6. The highest BCUT2D eigenvalue weighted by molar-refractivity contribution is 5.93. The molecule has 2 atom stereocenters. The molecule has 0 radical (unpaired) electrons. The van der Waals surface area contributed by atoms with Crippen LogP contribution in [0.5, 0.6) is 0 Å². The molecule has 0 aliphatic carbocycles. The number of carbonyl (C=O) groups is 4. The van der Waals surface area contributed by atoms with E-state index in [2.05, 4.69) is 0 Å². The molecule has 1 aliphatic rings. The van der Waals surface area contributed by atoms with Gasteiger partial charge in [0.25, 0.3) is 0 Å². The molecule has 0 saturated carbocycles. The Morgan fingerprint density at radius 1 is 1.16 bits per heavy atom. The summed E-state index contributed by atoms with van der Waals surface area (Å²) < 4.78 is 10.6. The highest BCUT2D eigenvalue weighted by Crippen LogP contribution is 2.20. The lowest BCUT2D eigenvalue weighted by molar-refractivity contribution is -0.156. The van der Waals surface area contributed by atoms with Crippen LogP contribution in [0.2, 0.25) is 0 Å². The van der Waals surface area contributed by atoms with E-state index in [1.54, 1.807) is 27.7 Å². The molecule has 1 fully saturated rings.